The van der Waals surface area contributed by atoms with Crippen LogP contribution in [0, 0.1) is 11.7 Å². The van der Waals surface area contributed by atoms with Gasteiger partial charge in [0.25, 0.3) is 11.8 Å². The number of anilines is 1. The van der Waals surface area contributed by atoms with Gasteiger partial charge in [-0.2, -0.15) is 0 Å². The van der Waals surface area contributed by atoms with Crippen molar-refractivity contribution < 1.29 is 33.1 Å². The normalized spacial score (nSPS) is 17.7. The molecule has 33 heavy (non-hydrogen) atoms. The molecule has 1 aromatic rings. The van der Waals surface area contributed by atoms with E-state index in [-0.39, 0.29) is 35.6 Å². The molecule has 0 aromatic heterocycles. The molecule has 10 heteroatoms. The molecule has 1 atom stereocenters. The number of esters is 1. The summed E-state index contributed by atoms with van der Waals surface area (Å²) in [5.41, 5.74) is 4.68. The minimum atomic E-state index is -1.38. The van der Waals surface area contributed by atoms with Crippen molar-refractivity contribution >= 4 is 35.7 Å². The molecule has 1 aromatic carbocycles. The van der Waals surface area contributed by atoms with E-state index in [2.05, 4.69) is 0 Å². The summed E-state index contributed by atoms with van der Waals surface area (Å²) in [6.45, 7) is 5.94. The zero-order chi connectivity index (χ0) is 24.5. The van der Waals surface area contributed by atoms with E-state index in [9.17, 15) is 28.4 Å². The molecular weight excluding hydrogens is 433 g/mol. The molecule has 9 nitrogen and oxygen atoms in total. The van der Waals surface area contributed by atoms with Gasteiger partial charge in [-0.25, -0.2) is 4.39 Å². The lowest BCUT2D eigenvalue weighted by Gasteiger charge is -2.31. The van der Waals surface area contributed by atoms with E-state index in [1.807, 2.05) is 0 Å². The van der Waals surface area contributed by atoms with Gasteiger partial charge in [0.05, 0.1) is 16.8 Å². The maximum absolute atomic E-state index is 14.9. The van der Waals surface area contributed by atoms with E-state index in [1.54, 1.807) is 25.7 Å². The number of piperidine rings is 1. The van der Waals surface area contributed by atoms with Crippen LogP contribution in [0.5, 0.6) is 0 Å². The standard InChI is InChI=1S/C23H28FN3O6/c1-23(2,3)33-19(29)5-4-17(20(25)30)27-21(31)14-10-16(24)18(11-15(14)22(27)32)26-8-6-13(12-28)7-9-26/h10-13,17H,4-9H2,1-3H3,(H2,25,30)/t17-/m0/s1. The van der Waals surface area contributed by atoms with Crippen LogP contribution >= 0.6 is 0 Å². The van der Waals surface area contributed by atoms with E-state index in [0.717, 1.165) is 12.4 Å². The van der Waals surface area contributed by atoms with Crippen LogP contribution in [0.15, 0.2) is 12.1 Å². The van der Waals surface area contributed by atoms with Gasteiger partial charge in [-0.15, -0.1) is 0 Å². The largest absolute Gasteiger partial charge is 0.460 e. The molecule has 2 N–H and O–H groups in total. The average Bonchev–Trinajstić information content (AvgIpc) is 2.96. The number of nitrogens with zero attached hydrogens (tertiary/aromatic N) is 2. The van der Waals surface area contributed by atoms with Crippen LogP contribution in [0.1, 0.15) is 67.2 Å². The molecule has 3 rings (SSSR count). The van der Waals surface area contributed by atoms with Gasteiger partial charge in [0.2, 0.25) is 5.91 Å². The number of halogens is 1. The van der Waals surface area contributed by atoms with Crippen LogP contribution in [0.25, 0.3) is 0 Å². The van der Waals surface area contributed by atoms with Gasteiger partial charge in [-0.1, -0.05) is 0 Å². The number of primary amides is 1. The summed E-state index contributed by atoms with van der Waals surface area (Å²) in [4.78, 5) is 63.5. The highest BCUT2D eigenvalue weighted by atomic mass is 19.1. The zero-order valence-electron chi connectivity index (χ0n) is 18.9. The van der Waals surface area contributed by atoms with Crippen molar-refractivity contribution in [1.82, 2.24) is 4.90 Å². The van der Waals surface area contributed by atoms with Gasteiger partial charge in [-0.05, 0) is 52.2 Å². The summed E-state index contributed by atoms with van der Waals surface area (Å²) >= 11 is 0. The number of ether oxygens (including phenoxy) is 1. The summed E-state index contributed by atoms with van der Waals surface area (Å²) in [7, 11) is 0. The van der Waals surface area contributed by atoms with E-state index in [1.165, 1.54) is 6.07 Å². The number of carbonyl (C=O) groups is 5. The van der Waals surface area contributed by atoms with Crippen molar-refractivity contribution in [2.75, 3.05) is 18.0 Å². The quantitative estimate of drug-likeness (QED) is 0.373. The first-order valence-corrected chi connectivity index (χ1v) is 10.9. The summed E-state index contributed by atoms with van der Waals surface area (Å²) in [5, 5.41) is 0. The Hall–Kier alpha value is -3.30. The van der Waals surface area contributed by atoms with Crippen molar-refractivity contribution in [1.29, 1.82) is 0 Å². The molecule has 2 aliphatic rings. The van der Waals surface area contributed by atoms with Gasteiger partial charge in [0.1, 0.15) is 23.7 Å². The molecule has 1 fully saturated rings. The number of fused-ring (bicyclic) bond motifs is 1. The summed E-state index contributed by atoms with van der Waals surface area (Å²) in [6, 6.07) is 0.917. The van der Waals surface area contributed by atoms with Crippen LogP contribution in [-0.2, 0) is 19.1 Å². The molecular formula is C23H28FN3O6. The first kappa shape index (κ1) is 24.3. The molecule has 178 valence electrons. The highest BCUT2D eigenvalue weighted by Gasteiger charge is 2.43. The molecule has 2 heterocycles. The monoisotopic (exact) mass is 461 g/mol. The Morgan fingerprint density at radius 1 is 1.18 bits per heavy atom. The van der Waals surface area contributed by atoms with Crippen LogP contribution in [0.3, 0.4) is 0 Å². The number of rotatable bonds is 7. The third-order valence-corrected chi connectivity index (χ3v) is 5.74. The Kier molecular flexibility index (Phi) is 6.85. The fraction of sp³-hybridized carbons (Fsp3) is 0.522. The molecule has 0 bridgehead atoms. The van der Waals surface area contributed by atoms with E-state index in [0.29, 0.717) is 30.8 Å². The number of carbonyl (C=O) groups excluding carboxylic acids is 5. The molecule has 1 saturated heterocycles. The van der Waals surface area contributed by atoms with Crippen molar-refractivity contribution in [2.45, 2.75) is 58.1 Å². The van der Waals surface area contributed by atoms with Crippen molar-refractivity contribution in [2.24, 2.45) is 11.7 Å². The molecule has 0 unspecified atom stereocenters. The average molecular weight is 461 g/mol. The van der Waals surface area contributed by atoms with Gasteiger partial charge in [0.15, 0.2) is 0 Å². The first-order valence-electron chi connectivity index (χ1n) is 10.9. The molecule has 2 aliphatic heterocycles. The SMILES string of the molecule is CC(C)(C)OC(=O)CC[C@@H](C(N)=O)N1C(=O)c2cc(F)c(N3CCC(C=O)CC3)cc2C1=O. The first-order chi connectivity index (χ1) is 15.4. The Bertz CT molecular complexity index is 995. The summed E-state index contributed by atoms with van der Waals surface area (Å²) < 4.78 is 20.1. The van der Waals surface area contributed by atoms with Crippen LogP contribution in [-0.4, -0.2) is 59.6 Å². The van der Waals surface area contributed by atoms with Crippen LogP contribution < -0.4 is 10.6 Å². The summed E-state index contributed by atoms with van der Waals surface area (Å²) in [5.74, 6) is -3.92. The lowest BCUT2D eigenvalue weighted by molar-refractivity contribution is -0.155. The van der Waals surface area contributed by atoms with E-state index < -0.39 is 41.2 Å². The number of aldehydes is 1. The van der Waals surface area contributed by atoms with Gasteiger partial charge >= 0.3 is 5.97 Å². The minimum absolute atomic E-state index is 0.0302. The predicted molar refractivity (Wildman–Crippen MR) is 116 cm³/mol. The number of hydrogen-bond donors (Lipinski definition) is 1. The maximum Gasteiger partial charge on any atom is 0.306 e. The highest BCUT2D eigenvalue weighted by molar-refractivity contribution is 6.23. The molecule has 0 aliphatic carbocycles. The van der Waals surface area contributed by atoms with Gasteiger partial charge < -0.3 is 20.2 Å². The lowest BCUT2D eigenvalue weighted by Crippen LogP contribution is -2.48. The van der Waals surface area contributed by atoms with E-state index >= 15 is 0 Å². The number of imide groups is 1. The Labute approximate surface area is 191 Å². The Balaban J connectivity index is 1.82. The van der Waals surface area contributed by atoms with Crippen LogP contribution in [0.4, 0.5) is 10.1 Å². The Morgan fingerprint density at radius 3 is 2.27 bits per heavy atom. The highest BCUT2D eigenvalue weighted by Crippen LogP contribution is 2.33. The Morgan fingerprint density at radius 2 is 1.76 bits per heavy atom. The van der Waals surface area contributed by atoms with Crippen LogP contribution in [0.2, 0.25) is 0 Å². The second-order valence-electron chi connectivity index (χ2n) is 9.33. The second kappa shape index (κ2) is 9.29. The maximum atomic E-state index is 14.9. The topological polar surface area (TPSA) is 127 Å². The molecule has 0 spiro atoms. The molecule has 0 radical (unpaired) electrons. The lowest BCUT2D eigenvalue weighted by atomic mass is 9.97. The van der Waals surface area contributed by atoms with E-state index in [4.69, 9.17) is 10.5 Å². The van der Waals surface area contributed by atoms with Gasteiger partial charge in [0, 0.05) is 25.4 Å². The minimum Gasteiger partial charge on any atom is -0.460 e. The number of nitrogens with two attached hydrogens (primary N) is 1. The predicted octanol–water partition coefficient (Wildman–Crippen LogP) is 1.81. The van der Waals surface area contributed by atoms with Crippen molar-refractivity contribution in [3.05, 3.63) is 29.1 Å². The van der Waals surface area contributed by atoms with Crippen molar-refractivity contribution in [3.63, 3.8) is 0 Å². The summed E-state index contributed by atoms with van der Waals surface area (Å²) in [6.07, 6.45) is 1.58. The van der Waals surface area contributed by atoms with Crippen molar-refractivity contribution in [3.8, 4) is 0 Å². The smallest absolute Gasteiger partial charge is 0.306 e. The van der Waals surface area contributed by atoms with Gasteiger partial charge in [-0.3, -0.25) is 24.1 Å². The molecule has 3 amide bonds. The number of amides is 3. The number of benzene rings is 1. The third kappa shape index (κ3) is 5.20. The second-order valence-corrected chi connectivity index (χ2v) is 9.33. The fourth-order valence-corrected chi connectivity index (χ4v) is 4.12. The third-order valence-electron chi connectivity index (χ3n) is 5.74. The zero-order valence-corrected chi connectivity index (χ0v) is 18.9. The molecule has 0 saturated carbocycles. The fourth-order valence-electron chi connectivity index (χ4n) is 4.12. The number of hydrogen-bond acceptors (Lipinski definition) is 7.